The number of likely N-dealkylation sites (N-methyl/N-ethyl adjacent to an activating group) is 2. The molecule has 6 aromatic heterocycles. The molecule has 30 heteroatoms. The van der Waals surface area contributed by atoms with E-state index >= 15 is 0 Å². The molecule has 0 aliphatic carbocycles. The van der Waals surface area contributed by atoms with Crippen molar-refractivity contribution in [2.75, 3.05) is 41.3 Å². The molecule has 0 saturated carbocycles. The predicted molar refractivity (Wildman–Crippen MR) is 334 cm³/mol. The van der Waals surface area contributed by atoms with Crippen LogP contribution < -0.4 is 9.44 Å². The zero-order chi connectivity index (χ0) is 65.8. The van der Waals surface area contributed by atoms with Crippen LogP contribution in [-0.4, -0.2) is 142 Å². The Morgan fingerprint density at radius 1 is 0.477 bits per heavy atom. The van der Waals surface area contributed by atoms with E-state index < -0.39 is 88.8 Å². The number of carbonyl (C=O) groups excluding carboxylic acids is 2. The third-order valence-corrected chi connectivity index (χ3v) is 27.2. The van der Waals surface area contributed by atoms with Crippen LogP contribution in [0.15, 0.2) is 125 Å². The smallest absolute Gasteiger partial charge is 0.265 e. The Bertz CT molecular complexity index is 4220. The Balaban J connectivity index is 0.000000151. The van der Waals surface area contributed by atoms with Crippen LogP contribution in [0.3, 0.4) is 0 Å². The molecule has 6 aliphatic rings. The van der Waals surface area contributed by atoms with Crippen LogP contribution in [0.5, 0.6) is 0 Å². The minimum Gasteiger partial charge on any atom is -0.273 e. The summed E-state index contributed by atoms with van der Waals surface area (Å²) >= 11 is 0. The molecule has 2 N–H and O–H groups in total. The number of hydrogen-bond acceptors (Lipinski definition) is 18. The lowest BCUT2D eigenvalue weighted by Crippen LogP contribution is -2.48. The van der Waals surface area contributed by atoms with Crippen molar-refractivity contribution in [3.8, 4) is 0 Å². The largest absolute Gasteiger partial charge is 0.273 e. The summed E-state index contributed by atoms with van der Waals surface area (Å²) in [5.74, 6) is -1.12. The van der Waals surface area contributed by atoms with Crippen LogP contribution in [0, 0.1) is 0 Å². The van der Waals surface area contributed by atoms with Gasteiger partial charge in [0.2, 0.25) is 36.0 Å². The van der Waals surface area contributed by atoms with E-state index in [4.69, 9.17) is 0 Å². The van der Waals surface area contributed by atoms with Gasteiger partial charge < -0.3 is 0 Å². The molecule has 0 aromatic carbocycles. The summed E-state index contributed by atoms with van der Waals surface area (Å²) in [6.45, 7) is 24.7. The molecule has 12 rings (SSSR count). The van der Waals surface area contributed by atoms with Crippen molar-refractivity contribution in [3.05, 3.63) is 161 Å². The molecule has 0 spiro atoms. The summed E-state index contributed by atoms with van der Waals surface area (Å²) in [5.41, 5.74) is 6.33. The lowest BCUT2D eigenvalue weighted by molar-refractivity contribution is -0.124. The summed E-state index contributed by atoms with van der Waals surface area (Å²) in [4.78, 5) is 48.4. The molecule has 0 saturated heterocycles. The molecule has 2 unspecified atom stereocenters. The van der Waals surface area contributed by atoms with Crippen LogP contribution in [0.4, 0.5) is 0 Å². The number of nitrogens with zero attached hydrogens (tertiary/aromatic N) is 10. The fourth-order valence-electron chi connectivity index (χ4n) is 10.8. The Morgan fingerprint density at radius 2 is 0.943 bits per heavy atom. The first kappa shape index (κ1) is 69.3. The van der Waals surface area contributed by atoms with E-state index in [1.165, 1.54) is 57.3 Å². The van der Waals surface area contributed by atoms with Gasteiger partial charge in [0, 0.05) is 156 Å². The first-order valence-corrected chi connectivity index (χ1v) is 35.5. The highest BCUT2D eigenvalue weighted by molar-refractivity contribution is 7.91. The fourth-order valence-corrected chi connectivity index (χ4v) is 19.4. The number of aromatic nitrogens is 6. The first-order chi connectivity index (χ1) is 40.5. The first-order valence-electron chi connectivity index (χ1n) is 27.5. The molecule has 12 heterocycles. The summed E-state index contributed by atoms with van der Waals surface area (Å²) < 4.78 is 127. The number of rotatable bonds is 0. The van der Waals surface area contributed by atoms with Gasteiger partial charge in [-0.15, -0.1) is 0 Å². The highest BCUT2D eigenvalue weighted by Gasteiger charge is 2.47. The van der Waals surface area contributed by atoms with E-state index in [0.717, 1.165) is 45.8 Å². The van der Waals surface area contributed by atoms with Crippen molar-refractivity contribution in [2.24, 2.45) is 0 Å². The number of amides is 2. The van der Waals surface area contributed by atoms with Gasteiger partial charge >= 0.3 is 0 Å². The normalized spacial score (nSPS) is 23.5. The average Bonchev–Trinajstić information content (AvgIpc) is 0.820. The second-order valence-corrected chi connectivity index (χ2v) is 37.2. The van der Waals surface area contributed by atoms with Gasteiger partial charge in [0.1, 0.15) is 31.5 Å². The summed E-state index contributed by atoms with van der Waals surface area (Å²) in [5, 5.41) is 0. The van der Waals surface area contributed by atoms with Crippen molar-refractivity contribution in [1.82, 2.24) is 56.6 Å². The summed E-state index contributed by atoms with van der Waals surface area (Å²) in [6, 6.07) is 10.2. The van der Waals surface area contributed by atoms with Gasteiger partial charge in [-0.05, 0) is 125 Å². The average molecular weight is 1330 g/mol. The Morgan fingerprint density at radius 3 is 1.53 bits per heavy atom. The monoisotopic (exact) mass is 1320 g/mol. The molecule has 476 valence electrons. The topological polar surface area (TPSA) is 319 Å². The molecule has 2 amide bonds. The number of carbonyl (C=O) groups is 2. The fraction of sp³-hybridized carbons (Fsp3) is 0.448. The highest BCUT2D eigenvalue weighted by Crippen LogP contribution is 2.41. The summed E-state index contributed by atoms with van der Waals surface area (Å²) in [6.07, 6.45) is 19.4. The molecule has 6 aliphatic heterocycles. The number of hydrogen-bond donors (Lipinski definition) is 2. The van der Waals surface area contributed by atoms with Crippen molar-refractivity contribution in [2.45, 2.75) is 141 Å². The van der Waals surface area contributed by atoms with Crippen molar-refractivity contribution < 1.29 is 51.7 Å². The van der Waals surface area contributed by atoms with Crippen molar-refractivity contribution >= 4 is 73.9 Å². The summed E-state index contributed by atoms with van der Waals surface area (Å²) in [7, 11) is -8.90. The molecule has 6 aromatic rings. The second kappa shape index (κ2) is 24.9. The van der Waals surface area contributed by atoms with Gasteiger partial charge in [0.25, 0.3) is 15.9 Å². The number of sulfonamides is 4. The van der Waals surface area contributed by atoms with E-state index in [1.54, 1.807) is 92.7 Å². The van der Waals surface area contributed by atoms with Crippen LogP contribution in [0.1, 0.15) is 138 Å². The van der Waals surface area contributed by atoms with Crippen LogP contribution in [0.25, 0.3) is 0 Å². The third-order valence-electron chi connectivity index (χ3n) is 16.2. The molecule has 2 atom stereocenters. The molecule has 0 fully saturated rings. The van der Waals surface area contributed by atoms with Crippen LogP contribution in [0.2, 0.25) is 0 Å². The lowest BCUT2D eigenvalue weighted by Gasteiger charge is -2.36. The van der Waals surface area contributed by atoms with E-state index in [2.05, 4.69) is 43.8 Å². The number of fused-ring (bicyclic) bond motifs is 6. The third kappa shape index (κ3) is 13.2. The van der Waals surface area contributed by atoms with Gasteiger partial charge in [-0.2, -0.15) is 4.31 Å². The highest BCUT2D eigenvalue weighted by atomic mass is 32.2. The maximum atomic E-state index is 12.1. The van der Waals surface area contributed by atoms with Gasteiger partial charge in [-0.3, -0.25) is 39.5 Å². The molecular weight excluding hydrogens is 1250 g/mol. The maximum Gasteiger partial charge on any atom is 0.265 e. The van der Waals surface area contributed by atoms with E-state index in [1.807, 2.05) is 90.4 Å². The van der Waals surface area contributed by atoms with Gasteiger partial charge in [-0.1, -0.05) is 27.7 Å². The SMILES string of the molecule is CC1(C)C(=O)NS(=O)(=O)c2ccncc21.CC1(C)c2cnccc2C(=O)NS1(=O)=O.CN1CC(C)(C)c2cnccc2S1(=O)=O.CN1CC(C)(C)c2cnccc2S1=O.CN1Cc2ccncc2C(C)(C)S1(=O)=O.CN1Cc2ccncc2C(C)(C)S1=O. The maximum absolute atomic E-state index is 12.1. The lowest BCUT2D eigenvalue weighted by atomic mass is 9.85. The van der Waals surface area contributed by atoms with E-state index in [9.17, 15) is 51.7 Å². The van der Waals surface area contributed by atoms with Gasteiger partial charge in [0.15, 0.2) is 0 Å². The number of nitrogens with one attached hydrogen (secondary N) is 2. The molecule has 88 heavy (non-hydrogen) atoms. The standard InChI is InChI=1S/2C10H14N2O2S.2C10H14N2OS.2C9H10N2O3S/c1-10(2)7-12(3)15(13,14)9-4-5-11-6-8(9)10;1-10(2)9-6-11-5-4-8(9)7-12(3)15(10,13)14;1-10(2)7-12(3)14(13)9-4-5-11-6-8(9)10;1-10(2)9-6-11-5-4-8(9)7-12(3)14(10)13;1-9(2)6-5-10-4-3-7(6)15(13,14)11-8(9)12;1-9(2)7-5-10-4-3-6(7)8(12)11-15(9,13)14/h2*4-6H,7H2,1-3H3;2*4-6H,7H2,1-3H3;2*3-5H,1-2H3,(H,11,12). The Hall–Kier alpha value is -6.22. The zero-order valence-corrected chi connectivity index (χ0v) is 56.9. The van der Waals surface area contributed by atoms with E-state index in [0.29, 0.717) is 34.7 Å². The molecular formula is C58H76N12O12S6. The zero-order valence-electron chi connectivity index (χ0n) is 52.0. The van der Waals surface area contributed by atoms with Gasteiger partial charge in [-0.25, -0.2) is 64.4 Å². The molecule has 0 bridgehead atoms. The Labute approximate surface area is 522 Å². The molecule has 24 nitrogen and oxygen atoms in total. The predicted octanol–water partition coefficient (Wildman–Crippen LogP) is 5.41. The molecule has 0 radical (unpaired) electrons. The number of pyridine rings is 6. The van der Waals surface area contributed by atoms with E-state index in [-0.39, 0.29) is 20.5 Å². The van der Waals surface area contributed by atoms with Crippen molar-refractivity contribution in [3.63, 3.8) is 0 Å². The second-order valence-electron chi connectivity index (χ2n) is 25.0. The van der Waals surface area contributed by atoms with Gasteiger partial charge in [0.05, 0.1) is 24.8 Å². The van der Waals surface area contributed by atoms with Crippen LogP contribution >= 0.6 is 0 Å². The van der Waals surface area contributed by atoms with Crippen molar-refractivity contribution in [1.29, 1.82) is 0 Å². The minimum absolute atomic E-state index is 0.0340. The quantitative estimate of drug-likeness (QED) is 0.192. The Kier molecular flexibility index (Phi) is 19.6. The minimum atomic E-state index is -3.70. The van der Waals surface area contributed by atoms with Crippen LogP contribution in [-0.2, 0) is 110 Å².